The fourth-order valence-electron chi connectivity index (χ4n) is 2.69. The van der Waals surface area contributed by atoms with Gasteiger partial charge in [0.25, 0.3) is 0 Å². The van der Waals surface area contributed by atoms with E-state index < -0.39 is 10.8 Å². The molecule has 0 fully saturated rings. The number of amides is 1. The Morgan fingerprint density at radius 1 is 1.39 bits per heavy atom. The quantitative estimate of drug-likeness (QED) is 0.482. The first-order chi connectivity index (χ1) is 13.3. The number of halogens is 1. The highest BCUT2D eigenvalue weighted by Gasteiger charge is 2.21. The van der Waals surface area contributed by atoms with Crippen LogP contribution in [-0.2, 0) is 17.9 Å². The Hall–Kier alpha value is -3.20. The van der Waals surface area contributed by atoms with Crippen LogP contribution in [0.2, 0.25) is 5.02 Å². The molecule has 0 radical (unpaired) electrons. The van der Waals surface area contributed by atoms with Crippen molar-refractivity contribution >= 4 is 29.0 Å². The van der Waals surface area contributed by atoms with Crippen molar-refractivity contribution in [3.05, 3.63) is 69.1 Å². The maximum absolute atomic E-state index is 12.4. The minimum Gasteiger partial charge on any atom is -0.358 e. The van der Waals surface area contributed by atoms with Gasteiger partial charge in [-0.05, 0) is 23.5 Å². The molecule has 1 amide bonds. The Morgan fingerprint density at radius 2 is 2.14 bits per heavy atom. The molecule has 1 atom stereocenters. The number of aryl methyl sites for hydroxylation is 1. The third kappa shape index (κ3) is 4.55. The van der Waals surface area contributed by atoms with Gasteiger partial charge in [-0.2, -0.15) is 9.78 Å². The molecule has 2 heterocycles. The molecule has 0 aliphatic rings. The largest absolute Gasteiger partial charge is 0.390 e. The number of nitrogens with zero attached hydrogens (tertiary/aromatic N) is 5. The fourth-order valence-corrected chi connectivity index (χ4v) is 2.89. The van der Waals surface area contributed by atoms with E-state index in [1.54, 1.807) is 30.9 Å². The van der Waals surface area contributed by atoms with Crippen molar-refractivity contribution in [3.63, 3.8) is 0 Å². The fraction of sp³-hybridized carbons (Fsp3) is 0.278. The van der Waals surface area contributed by atoms with Crippen molar-refractivity contribution in [1.29, 1.82) is 0 Å². The van der Waals surface area contributed by atoms with E-state index in [4.69, 9.17) is 11.6 Å². The van der Waals surface area contributed by atoms with Gasteiger partial charge in [0.05, 0.1) is 47.8 Å². The summed E-state index contributed by atoms with van der Waals surface area (Å²) in [6.45, 7) is 4.17. The molecule has 0 saturated carbocycles. The number of rotatable bonds is 7. The van der Waals surface area contributed by atoms with Crippen LogP contribution in [0.3, 0.4) is 0 Å². The predicted octanol–water partition coefficient (Wildman–Crippen LogP) is 3.27. The molecule has 1 aromatic carbocycles. The SMILES string of the molecule is Cc1cc([N+](=O)[O-])nn1CC(C)C(=O)Nc1cnn(Cc2ccccc2Cl)c1. The van der Waals surface area contributed by atoms with E-state index in [1.165, 1.54) is 10.7 Å². The summed E-state index contributed by atoms with van der Waals surface area (Å²) in [5.74, 6) is -0.897. The first-order valence-corrected chi connectivity index (χ1v) is 8.97. The van der Waals surface area contributed by atoms with Crippen LogP contribution in [0.1, 0.15) is 18.2 Å². The average molecular weight is 403 g/mol. The summed E-state index contributed by atoms with van der Waals surface area (Å²) in [6, 6.07) is 8.86. The van der Waals surface area contributed by atoms with E-state index in [-0.39, 0.29) is 18.3 Å². The number of aromatic nitrogens is 4. The molecule has 0 spiro atoms. The monoisotopic (exact) mass is 402 g/mol. The molecule has 0 saturated heterocycles. The minimum absolute atomic E-state index is 0.227. The lowest BCUT2D eigenvalue weighted by atomic mass is 10.1. The van der Waals surface area contributed by atoms with E-state index in [0.717, 1.165) is 5.56 Å². The molecule has 2 aromatic heterocycles. The van der Waals surface area contributed by atoms with E-state index in [2.05, 4.69) is 15.5 Å². The molecule has 28 heavy (non-hydrogen) atoms. The van der Waals surface area contributed by atoms with Gasteiger partial charge in [0.2, 0.25) is 5.91 Å². The number of carbonyl (C=O) groups excluding carboxylic acids is 1. The Kier molecular flexibility index (Phi) is 5.74. The highest BCUT2D eigenvalue weighted by Crippen LogP contribution is 2.18. The second-order valence-electron chi connectivity index (χ2n) is 6.49. The zero-order valence-corrected chi connectivity index (χ0v) is 16.1. The van der Waals surface area contributed by atoms with E-state index in [0.29, 0.717) is 22.9 Å². The Balaban J connectivity index is 1.61. The van der Waals surface area contributed by atoms with Gasteiger partial charge >= 0.3 is 5.82 Å². The van der Waals surface area contributed by atoms with Gasteiger partial charge < -0.3 is 15.4 Å². The van der Waals surface area contributed by atoms with Crippen LogP contribution in [0.25, 0.3) is 0 Å². The van der Waals surface area contributed by atoms with E-state index >= 15 is 0 Å². The molecule has 9 nitrogen and oxygen atoms in total. The molecule has 0 bridgehead atoms. The van der Waals surface area contributed by atoms with Crippen molar-refractivity contribution in [2.75, 3.05) is 5.32 Å². The molecule has 146 valence electrons. The van der Waals surface area contributed by atoms with Crippen LogP contribution in [0.5, 0.6) is 0 Å². The molecule has 1 N–H and O–H groups in total. The topological polar surface area (TPSA) is 108 Å². The van der Waals surface area contributed by atoms with Gasteiger partial charge in [-0.25, -0.2) is 0 Å². The minimum atomic E-state index is -0.554. The van der Waals surface area contributed by atoms with Crippen LogP contribution >= 0.6 is 11.6 Å². The van der Waals surface area contributed by atoms with Gasteiger partial charge in [0.15, 0.2) is 0 Å². The van der Waals surface area contributed by atoms with Crippen molar-refractivity contribution in [2.45, 2.75) is 26.9 Å². The summed E-state index contributed by atoms with van der Waals surface area (Å²) in [6.07, 6.45) is 3.28. The van der Waals surface area contributed by atoms with Crippen molar-refractivity contribution in [1.82, 2.24) is 19.6 Å². The van der Waals surface area contributed by atoms with Crippen molar-refractivity contribution in [2.24, 2.45) is 5.92 Å². The summed E-state index contributed by atoms with van der Waals surface area (Å²) in [4.78, 5) is 22.7. The van der Waals surface area contributed by atoms with Crippen molar-refractivity contribution in [3.8, 4) is 0 Å². The molecule has 3 rings (SSSR count). The Bertz CT molecular complexity index is 1010. The number of hydrogen-bond donors (Lipinski definition) is 1. The predicted molar refractivity (Wildman–Crippen MR) is 104 cm³/mol. The lowest BCUT2D eigenvalue weighted by molar-refractivity contribution is -0.389. The zero-order chi connectivity index (χ0) is 20.3. The lowest BCUT2D eigenvalue weighted by Crippen LogP contribution is -2.25. The lowest BCUT2D eigenvalue weighted by Gasteiger charge is -2.10. The number of anilines is 1. The number of nitro groups is 1. The maximum Gasteiger partial charge on any atom is 0.390 e. The van der Waals surface area contributed by atoms with Gasteiger partial charge in [0.1, 0.15) is 0 Å². The number of carbonyl (C=O) groups is 1. The summed E-state index contributed by atoms with van der Waals surface area (Å²) in [5, 5.41) is 22.4. The average Bonchev–Trinajstić information content (AvgIpc) is 3.24. The summed E-state index contributed by atoms with van der Waals surface area (Å²) in [7, 11) is 0. The second kappa shape index (κ2) is 8.22. The summed E-state index contributed by atoms with van der Waals surface area (Å²) >= 11 is 6.16. The van der Waals surface area contributed by atoms with Crippen LogP contribution in [0, 0.1) is 23.0 Å². The van der Waals surface area contributed by atoms with Crippen molar-refractivity contribution < 1.29 is 9.72 Å². The third-order valence-corrected chi connectivity index (χ3v) is 4.61. The molecule has 10 heteroatoms. The highest BCUT2D eigenvalue weighted by atomic mass is 35.5. The Labute approximate surface area is 166 Å². The van der Waals surface area contributed by atoms with Gasteiger partial charge in [-0.3, -0.25) is 9.48 Å². The van der Waals surface area contributed by atoms with Crippen LogP contribution in [0.15, 0.2) is 42.7 Å². The summed E-state index contributed by atoms with van der Waals surface area (Å²) in [5.41, 5.74) is 2.11. The first kappa shape index (κ1) is 19.6. The van der Waals surface area contributed by atoms with Crippen LogP contribution in [-0.4, -0.2) is 30.4 Å². The van der Waals surface area contributed by atoms with E-state index in [1.807, 2.05) is 24.3 Å². The molecular formula is C18H19ClN6O3. The van der Waals surface area contributed by atoms with Crippen LogP contribution < -0.4 is 5.32 Å². The van der Waals surface area contributed by atoms with E-state index in [9.17, 15) is 14.9 Å². The van der Waals surface area contributed by atoms with Gasteiger partial charge in [-0.15, -0.1) is 0 Å². The maximum atomic E-state index is 12.4. The van der Waals surface area contributed by atoms with Gasteiger partial charge in [-0.1, -0.05) is 36.7 Å². The molecular weight excluding hydrogens is 384 g/mol. The summed E-state index contributed by atoms with van der Waals surface area (Å²) < 4.78 is 3.14. The molecule has 1 unspecified atom stereocenters. The molecule has 0 aliphatic heterocycles. The second-order valence-corrected chi connectivity index (χ2v) is 6.90. The third-order valence-electron chi connectivity index (χ3n) is 4.24. The number of nitrogens with one attached hydrogen (secondary N) is 1. The first-order valence-electron chi connectivity index (χ1n) is 8.59. The highest BCUT2D eigenvalue weighted by molar-refractivity contribution is 6.31. The smallest absolute Gasteiger partial charge is 0.358 e. The molecule has 3 aromatic rings. The Morgan fingerprint density at radius 3 is 2.82 bits per heavy atom. The standard InChI is InChI=1S/C18H19ClN6O3/c1-12(9-24-13(2)7-17(22-24)25(27)28)18(26)21-15-8-20-23(11-15)10-14-5-3-4-6-16(14)19/h3-8,11-12H,9-10H2,1-2H3,(H,21,26). The zero-order valence-electron chi connectivity index (χ0n) is 15.4. The van der Waals surface area contributed by atoms with Gasteiger partial charge in [0, 0.05) is 11.2 Å². The normalized spacial score (nSPS) is 12.0. The molecule has 0 aliphatic carbocycles. The number of hydrogen-bond acceptors (Lipinski definition) is 5. The number of benzene rings is 1. The van der Waals surface area contributed by atoms with Crippen LogP contribution in [0.4, 0.5) is 11.5 Å².